The first-order chi connectivity index (χ1) is 6.75. The summed E-state index contributed by atoms with van der Waals surface area (Å²) < 4.78 is 5.37. The number of hydrogen-bond acceptors (Lipinski definition) is 3. The molecule has 0 radical (unpaired) electrons. The van der Waals surface area contributed by atoms with Gasteiger partial charge in [-0.25, -0.2) is 9.97 Å². The minimum absolute atomic E-state index is 0.207. The van der Waals surface area contributed by atoms with Crippen LogP contribution in [0, 0.1) is 0 Å². The molecule has 0 amide bonds. The lowest BCUT2D eigenvalue weighted by atomic mass is 9.98. The quantitative estimate of drug-likeness (QED) is 0.552. The molecule has 0 aromatic carbocycles. The standard InChI is InChI=1S/C9H10Cl2N2O/c10-8-4-7(12-9(11)13-8)6-2-1-3-14-5-6/h4,6H,1-3,5H2/t6-/m1/s1. The summed E-state index contributed by atoms with van der Waals surface area (Å²) in [7, 11) is 0. The van der Waals surface area contributed by atoms with Gasteiger partial charge in [0.05, 0.1) is 12.3 Å². The zero-order valence-electron chi connectivity index (χ0n) is 7.54. The predicted molar refractivity (Wildman–Crippen MR) is 54.8 cm³/mol. The Hall–Kier alpha value is -0.380. The minimum atomic E-state index is 0.207. The van der Waals surface area contributed by atoms with Crippen molar-refractivity contribution in [3.63, 3.8) is 0 Å². The number of hydrogen-bond donors (Lipinski definition) is 0. The molecule has 1 atom stereocenters. The van der Waals surface area contributed by atoms with Crippen molar-refractivity contribution in [3.8, 4) is 0 Å². The first kappa shape index (κ1) is 10.1. The van der Waals surface area contributed by atoms with Gasteiger partial charge in [0.1, 0.15) is 5.15 Å². The molecule has 2 rings (SSSR count). The summed E-state index contributed by atoms with van der Waals surface area (Å²) in [4.78, 5) is 7.96. The van der Waals surface area contributed by atoms with Crippen molar-refractivity contribution >= 4 is 23.2 Å². The Balaban J connectivity index is 2.21. The van der Waals surface area contributed by atoms with Crippen molar-refractivity contribution in [2.75, 3.05) is 13.2 Å². The highest BCUT2D eigenvalue weighted by atomic mass is 35.5. The van der Waals surface area contributed by atoms with Crippen LogP contribution in [-0.4, -0.2) is 23.2 Å². The summed E-state index contributed by atoms with van der Waals surface area (Å²) in [5, 5.41) is 0.601. The molecule has 0 aliphatic carbocycles. The maximum atomic E-state index is 5.79. The molecule has 1 aromatic heterocycles. The molecule has 2 heterocycles. The SMILES string of the molecule is Clc1cc([C@@H]2CCCOC2)nc(Cl)n1. The number of nitrogens with zero attached hydrogens (tertiary/aromatic N) is 2. The van der Waals surface area contributed by atoms with Gasteiger partial charge < -0.3 is 4.74 Å². The molecule has 5 heteroatoms. The van der Waals surface area contributed by atoms with E-state index in [1.54, 1.807) is 6.07 Å². The third-order valence-corrected chi connectivity index (χ3v) is 2.63. The van der Waals surface area contributed by atoms with E-state index >= 15 is 0 Å². The molecule has 14 heavy (non-hydrogen) atoms. The normalized spacial score (nSPS) is 22.3. The van der Waals surface area contributed by atoms with Gasteiger partial charge in [-0.15, -0.1) is 0 Å². The summed E-state index contributed by atoms with van der Waals surface area (Å²) in [6.07, 6.45) is 2.13. The molecule has 0 unspecified atom stereocenters. The van der Waals surface area contributed by atoms with Crippen LogP contribution in [-0.2, 0) is 4.74 Å². The van der Waals surface area contributed by atoms with Crippen LogP contribution in [0.3, 0.4) is 0 Å². The molecule has 0 spiro atoms. The molecule has 1 aromatic rings. The predicted octanol–water partition coefficient (Wildman–Crippen LogP) is 2.68. The molecule has 3 nitrogen and oxygen atoms in total. The van der Waals surface area contributed by atoms with Crippen LogP contribution in [0.15, 0.2) is 6.07 Å². The van der Waals surface area contributed by atoms with E-state index in [1.165, 1.54) is 0 Å². The fourth-order valence-corrected chi connectivity index (χ4v) is 2.01. The van der Waals surface area contributed by atoms with E-state index in [-0.39, 0.29) is 5.28 Å². The van der Waals surface area contributed by atoms with E-state index in [1.807, 2.05) is 0 Å². The Bertz CT molecular complexity index is 306. The van der Waals surface area contributed by atoms with Gasteiger partial charge in [0, 0.05) is 12.5 Å². The number of rotatable bonds is 1. The van der Waals surface area contributed by atoms with E-state index in [2.05, 4.69) is 9.97 Å². The second kappa shape index (κ2) is 4.43. The summed E-state index contributed by atoms with van der Waals surface area (Å²) in [6, 6.07) is 1.76. The molecule has 1 aliphatic heterocycles. The van der Waals surface area contributed by atoms with Gasteiger partial charge in [0.15, 0.2) is 0 Å². The highest BCUT2D eigenvalue weighted by molar-refractivity contribution is 6.31. The third kappa shape index (κ3) is 2.35. The highest BCUT2D eigenvalue weighted by Crippen LogP contribution is 2.25. The van der Waals surface area contributed by atoms with Crippen molar-refractivity contribution in [2.24, 2.45) is 0 Å². The number of aromatic nitrogens is 2. The molecule has 76 valence electrons. The first-order valence-corrected chi connectivity index (χ1v) is 5.29. The second-order valence-electron chi connectivity index (χ2n) is 3.30. The maximum absolute atomic E-state index is 5.79. The summed E-state index contributed by atoms with van der Waals surface area (Å²) in [6.45, 7) is 1.53. The third-order valence-electron chi connectivity index (χ3n) is 2.27. The zero-order chi connectivity index (χ0) is 9.97. The van der Waals surface area contributed by atoms with Gasteiger partial charge in [-0.05, 0) is 30.5 Å². The average molecular weight is 233 g/mol. The maximum Gasteiger partial charge on any atom is 0.224 e. The van der Waals surface area contributed by atoms with E-state index < -0.39 is 0 Å². The topological polar surface area (TPSA) is 35.0 Å². The Labute approximate surface area is 92.4 Å². The van der Waals surface area contributed by atoms with E-state index in [0.29, 0.717) is 17.7 Å². The van der Waals surface area contributed by atoms with Gasteiger partial charge in [-0.1, -0.05) is 11.6 Å². The Kier molecular flexibility index (Phi) is 3.21. The molecule has 1 fully saturated rings. The van der Waals surface area contributed by atoms with Crippen molar-refractivity contribution < 1.29 is 4.74 Å². The largest absolute Gasteiger partial charge is 0.381 e. The molecule has 0 saturated carbocycles. The summed E-state index contributed by atoms with van der Waals surface area (Å²) in [5.74, 6) is 0.307. The average Bonchev–Trinajstić information content (AvgIpc) is 2.18. The van der Waals surface area contributed by atoms with Crippen LogP contribution < -0.4 is 0 Å². The van der Waals surface area contributed by atoms with Crippen molar-refractivity contribution in [1.82, 2.24) is 9.97 Å². The van der Waals surface area contributed by atoms with Crippen LogP contribution >= 0.6 is 23.2 Å². The van der Waals surface area contributed by atoms with Crippen LogP contribution in [0.5, 0.6) is 0 Å². The first-order valence-electron chi connectivity index (χ1n) is 4.53. The van der Waals surface area contributed by atoms with Crippen LogP contribution in [0.25, 0.3) is 0 Å². The Morgan fingerprint density at radius 1 is 1.36 bits per heavy atom. The second-order valence-corrected chi connectivity index (χ2v) is 4.02. The number of halogens is 2. The van der Waals surface area contributed by atoms with E-state index in [4.69, 9.17) is 27.9 Å². The van der Waals surface area contributed by atoms with E-state index in [0.717, 1.165) is 25.1 Å². The van der Waals surface area contributed by atoms with Crippen LogP contribution in [0.4, 0.5) is 0 Å². The fourth-order valence-electron chi connectivity index (χ4n) is 1.59. The minimum Gasteiger partial charge on any atom is -0.381 e. The van der Waals surface area contributed by atoms with Gasteiger partial charge in [0.25, 0.3) is 0 Å². The number of ether oxygens (including phenoxy) is 1. The molecular formula is C9H10Cl2N2O. The molecule has 0 bridgehead atoms. The monoisotopic (exact) mass is 232 g/mol. The molecule has 0 N–H and O–H groups in total. The molecule has 1 saturated heterocycles. The summed E-state index contributed by atoms with van der Waals surface area (Å²) >= 11 is 11.5. The fraction of sp³-hybridized carbons (Fsp3) is 0.556. The van der Waals surface area contributed by atoms with E-state index in [9.17, 15) is 0 Å². The van der Waals surface area contributed by atoms with Crippen molar-refractivity contribution in [3.05, 3.63) is 22.2 Å². The van der Waals surface area contributed by atoms with Gasteiger partial charge in [-0.3, -0.25) is 0 Å². The van der Waals surface area contributed by atoms with Gasteiger partial charge in [-0.2, -0.15) is 0 Å². The van der Waals surface area contributed by atoms with Gasteiger partial charge in [0.2, 0.25) is 5.28 Å². The Morgan fingerprint density at radius 3 is 2.86 bits per heavy atom. The highest BCUT2D eigenvalue weighted by Gasteiger charge is 2.18. The van der Waals surface area contributed by atoms with Crippen molar-refractivity contribution in [1.29, 1.82) is 0 Å². The van der Waals surface area contributed by atoms with Crippen LogP contribution in [0.1, 0.15) is 24.5 Å². The lowest BCUT2D eigenvalue weighted by Gasteiger charge is -2.21. The zero-order valence-corrected chi connectivity index (χ0v) is 9.05. The Morgan fingerprint density at radius 2 is 2.21 bits per heavy atom. The molecular weight excluding hydrogens is 223 g/mol. The summed E-state index contributed by atoms with van der Waals surface area (Å²) in [5.41, 5.74) is 0.884. The lowest BCUT2D eigenvalue weighted by Crippen LogP contribution is -2.16. The lowest BCUT2D eigenvalue weighted by molar-refractivity contribution is 0.0793. The van der Waals surface area contributed by atoms with Gasteiger partial charge >= 0.3 is 0 Å². The smallest absolute Gasteiger partial charge is 0.224 e. The van der Waals surface area contributed by atoms with Crippen molar-refractivity contribution in [2.45, 2.75) is 18.8 Å². The van der Waals surface area contributed by atoms with Crippen LogP contribution in [0.2, 0.25) is 10.4 Å². The molecule has 1 aliphatic rings.